The number of nitrogens with zero attached hydrogens (tertiary/aromatic N) is 2. The van der Waals surface area contributed by atoms with Crippen LogP contribution in [0.3, 0.4) is 0 Å². The van der Waals surface area contributed by atoms with E-state index in [1.807, 2.05) is 25.9 Å². The van der Waals surface area contributed by atoms with Gasteiger partial charge in [0, 0.05) is 18.7 Å². The van der Waals surface area contributed by atoms with Crippen molar-refractivity contribution in [2.75, 3.05) is 48.0 Å². The summed E-state index contributed by atoms with van der Waals surface area (Å²) < 4.78 is 16.3. The molecule has 0 aromatic heterocycles. The van der Waals surface area contributed by atoms with Crippen LogP contribution in [0.1, 0.15) is 24.1 Å². The number of likely N-dealkylation sites (N-methyl/N-ethyl adjacent to an activating group) is 1. The number of methoxy groups -OCH3 is 2. The highest BCUT2D eigenvalue weighted by atomic mass is 16.5. The summed E-state index contributed by atoms with van der Waals surface area (Å²) in [4.78, 5) is 29.5. The number of aliphatic hydroxyl groups excluding tert-OH is 1. The molecule has 3 rings (SSSR count). The fraction of sp³-hybridized carbons (Fsp3) is 0.360. The number of carbonyl (C=O) groups excluding carboxylic acids is 2. The van der Waals surface area contributed by atoms with Crippen molar-refractivity contribution < 1.29 is 28.9 Å². The van der Waals surface area contributed by atoms with Gasteiger partial charge in [-0.1, -0.05) is 6.07 Å². The minimum Gasteiger partial charge on any atom is -0.507 e. The van der Waals surface area contributed by atoms with Crippen molar-refractivity contribution in [2.45, 2.75) is 13.0 Å². The zero-order valence-electron chi connectivity index (χ0n) is 19.6. The summed E-state index contributed by atoms with van der Waals surface area (Å²) in [5, 5.41) is 11.1. The van der Waals surface area contributed by atoms with Gasteiger partial charge in [-0.3, -0.25) is 9.59 Å². The second-order valence-electron chi connectivity index (χ2n) is 7.87. The molecule has 1 atom stereocenters. The maximum absolute atomic E-state index is 13.1. The Balaban J connectivity index is 2.15. The smallest absolute Gasteiger partial charge is 0.295 e. The predicted octanol–water partition coefficient (Wildman–Crippen LogP) is 3.09. The Bertz CT molecular complexity index is 1050. The number of carbonyl (C=O) groups is 2. The third-order valence-electron chi connectivity index (χ3n) is 5.49. The number of Topliss-reactive ketones (excluding diaryl/α,β-unsaturated/α-hetero) is 1. The van der Waals surface area contributed by atoms with Gasteiger partial charge in [-0.25, -0.2) is 0 Å². The molecule has 1 heterocycles. The van der Waals surface area contributed by atoms with Crippen molar-refractivity contribution in [3.63, 3.8) is 0 Å². The van der Waals surface area contributed by atoms with Crippen molar-refractivity contribution in [3.05, 3.63) is 59.2 Å². The van der Waals surface area contributed by atoms with E-state index in [-0.39, 0.29) is 11.3 Å². The lowest BCUT2D eigenvalue weighted by Crippen LogP contribution is -2.35. The largest absolute Gasteiger partial charge is 0.507 e. The monoisotopic (exact) mass is 454 g/mol. The molecule has 0 saturated carbocycles. The lowest BCUT2D eigenvalue weighted by Gasteiger charge is -2.27. The quantitative estimate of drug-likeness (QED) is 0.354. The molecule has 8 nitrogen and oxygen atoms in total. The Hall–Kier alpha value is -3.52. The number of rotatable bonds is 9. The van der Waals surface area contributed by atoms with Crippen molar-refractivity contribution in [1.29, 1.82) is 0 Å². The molecule has 8 heteroatoms. The lowest BCUT2D eigenvalue weighted by molar-refractivity contribution is -0.140. The molecule has 1 aliphatic heterocycles. The summed E-state index contributed by atoms with van der Waals surface area (Å²) in [7, 11) is 6.86. The Morgan fingerprint density at radius 2 is 1.73 bits per heavy atom. The molecule has 1 saturated heterocycles. The summed E-state index contributed by atoms with van der Waals surface area (Å²) in [5.41, 5.74) is 1.10. The number of ether oxygens (including phenoxy) is 3. The van der Waals surface area contributed by atoms with Gasteiger partial charge in [-0.05, 0) is 63.0 Å². The molecular weight excluding hydrogens is 424 g/mol. The number of amides is 1. The Labute approximate surface area is 194 Å². The van der Waals surface area contributed by atoms with Gasteiger partial charge in [0.25, 0.3) is 11.7 Å². The molecule has 176 valence electrons. The Kier molecular flexibility index (Phi) is 7.60. The van der Waals surface area contributed by atoms with Crippen molar-refractivity contribution in [2.24, 2.45) is 0 Å². The molecule has 0 spiro atoms. The van der Waals surface area contributed by atoms with E-state index in [1.54, 1.807) is 49.6 Å². The van der Waals surface area contributed by atoms with Crippen LogP contribution in [-0.2, 0) is 9.59 Å². The maximum Gasteiger partial charge on any atom is 0.295 e. The second kappa shape index (κ2) is 10.4. The number of ketones is 1. The third kappa shape index (κ3) is 4.96. The fourth-order valence-electron chi connectivity index (χ4n) is 3.80. The second-order valence-corrected chi connectivity index (χ2v) is 7.87. The number of hydrogen-bond donors (Lipinski definition) is 1. The first-order valence-electron chi connectivity index (χ1n) is 10.7. The topological polar surface area (TPSA) is 88.5 Å². The van der Waals surface area contributed by atoms with Crippen LogP contribution in [0.2, 0.25) is 0 Å². The average molecular weight is 455 g/mol. The number of hydrogen-bond acceptors (Lipinski definition) is 7. The SMILES string of the molecule is CCOc1ccc([C@@H]2C(=C(O)c3ccc(OC)cc3)C(=O)C(=O)N2CCN(C)C)cc1OC. The first kappa shape index (κ1) is 24.1. The molecular formula is C25H30N2O6. The first-order valence-corrected chi connectivity index (χ1v) is 10.7. The highest BCUT2D eigenvalue weighted by Crippen LogP contribution is 2.42. The van der Waals surface area contributed by atoms with Crippen LogP contribution in [-0.4, -0.2) is 74.6 Å². The van der Waals surface area contributed by atoms with E-state index in [4.69, 9.17) is 14.2 Å². The Morgan fingerprint density at radius 1 is 1.03 bits per heavy atom. The van der Waals surface area contributed by atoms with Crippen LogP contribution in [0.25, 0.3) is 5.76 Å². The zero-order valence-corrected chi connectivity index (χ0v) is 19.6. The standard InChI is InChI=1S/C25H30N2O6/c1-6-33-19-12-9-17(15-20(19)32-5)22-21(23(28)16-7-10-18(31-4)11-8-16)24(29)25(30)27(22)14-13-26(2)3/h7-12,15,22,28H,6,13-14H2,1-5H3/t22-/m1/s1. The summed E-state index contributed by atoms with van der Waals surface area (Å²) in [6, 6.07) is 11.2. The Morgan fingerprint density at radius 3 is 2.30 bits per heavy atom. The van der Waals surface area contributed by atoms with E-state index >= 15 is 0 Å². The van der Waals surface area contributed by atoms with Gasteiger partial charge < -0.3 is 29.1 Å². The summed E-state index contributed by atoms with van der Waals surface area (Å²) in [6.07, 6.45) is 0. The van der Waals surface area contributed by atoms with Gasteiger partial charge in [-0.15, -0.1) is 0 Å². The van der Waals surface area contributed by atoms with Crippen molar-refractivity contribution >= 4 is 17.4 Å². The lowest BCUT2D eigenvalue weighted by atomic mass is 9.95. The van der Waals surface area contributed by atoms with Gasteiger partial charge in [0.15, 0.2) is 11.5 Å². The number of likely N-dealkylation sites (tertiary alicyclic amines) is 1. The van der Waals surface area contributed by atoms with E-state index in [9.17, 15) is 14.7 Å². The van der Waals surface area contributed by atoms with Gasteiger partial charge in [-0.2, -0.15) is 0 Å². The van der Waals surface area contributed by atoms with E-state index in [1.165, 1.54) is 12.0 Å². The van der Waals surface area contributed by atoms with E-state index in [2.05, 4.69) is 0 Å². The summed E-state index contributed by atoms with van der Waals surface area (Å²) in [5.74, 6) is 0.0535. The molecule has 33 heavy (non-hydrogen) atoms. The molecule has 2 aromatic rings. The van der Waals surface area contributed by atoms with Crippen LogP contribution in [0, 0.1) is 0 Å². The number of benzene rings is 2. The minimum absolute atomic E-state index is 0.0372. The molecule has 0 bridgehead atoms. The van der Waals surface area contributed by atoms with Crippen molar-refractivity contribution in [1.82, 2.24) is 9.80 Å². The minimum atomic E-state index is -0.767. The highest BCUT2D eigenvalue weighted by Gasteiger charge is 2.46. The van der Waals surface area contributed by atoms with E-state index in [0.717, 1.165) is 0 Å². The molecule has 0 radical (unpaired) electrons. The van der Waals surface area contributed by atoms with Crippen LogP contribution in [0.5, 0.6) is 17.2 Å². The third-order valence-corrected chi connectivity index (χ3v) is 5.49. The average Bonchev–Trinajstić information content (AvgIpc) is 3.07. The maximum atomic E-state index is 13.1. The number of aliphatic hydroxyl groups is 1. The fourth-order valence-corrected chi connectivity index (χ4v) is 3.80. The molecule has 1 amide bonds. The van der Waals surface area contributed by atoms with Crippen LogP contribution >= 0.6 is 0 Å². The molecule has 1 fully saturated rings. The first-order chi connectivity index (χ1) is 15.8. The van der Waals surface area contributed by atoms with Crippen LogP contribution in [0.4, 0.5) is 0 Å². The van der Waals surface area contributed by atoms with E-state index in [0.29, 0.717) is 48.1 Å². The predicted molar refractivity (Wildman–Crippen MR) is 125 cm³/mol. The van der Waals surface area contributed by atoms with Gasteiger partial charge >= 0.3 is 0 Å². The molecule has 2 aromatic carbocycles. The van der Waals surface area contributed by atoms with Gasteiger partial charge in [0.2, 0.25) is 0 Å². The zero-order chi connectivity index (χ0) is 24.1. The normalized spacial score (nSPS) is 17.5. The van der Waals surface area contributed by atoms with Gasteiger partial charge in [0.05, 0.1) is 32.4 Å². The van der Waals surface area contributed by atoms with Crippen LogP contribution in [0.15, 0.2) is 48.0 Å². The van der Waals surface area contributed by atoms with Gasteiger partial charge in [0.1, 0.15) is 11.5 Å². The molecule has 0 aliphatic carbocycles. The van der Waals surface area contributed by atoms with Crippen LogP contribution < -0.4 is 14.2 Å². The summed E-state index contributed by atoms with van der Waals surface area (Å²) >= 11 is 0. The highest BCUT2D eigenvalue weighted by molar-refractivity contribution is 6.46. The van der Waals surface area contributed by atoms with E-state index < -0.39 is 17.7 Å². The van der Waals surface area contributed by atoms with Crippen molar-refractivity contribution in [3.8, 4) is 17.2 Å². The summed E-state index contributed by atoms with van der Waals surface area (Å²) in [6.45, 7) is 3.21. The molecule has 1 aliphatic rings. The molecule has 0 unspecified atom stereocenters. The molecule has 1 N–H and O–H groups in total.